The van der Waals surface area contributed by atoms with Gasteiger partial charge in [-0.2, -0.15) is 0 Å². The molecule has 0 saturated heterocycles. The molecule has 0 bridgehead atoms. The van der Waals surface area contributed by atoms with E-state index in [1.165, 1.54) is 0 Å². The van der Waals surface area contributed by atoms with Crippen LogP contribution in [0.25, 0.3) is 11.1 Å². The molecule has 0 unspecified atom stereocenters. The minimum Gasteiger partial charge on any atom is -0.495 e. The fraction of sp³-hybridized carbons (Fsp3) is 0.136. The summed E-state index contributed by atoms with van der Waals surface area (Å²) in [6, 6.07) is 23.2. The number of Topliss-reactive ketones (excluding diaryl/α,β-unsaturated/α-hetero) is 1. The van der Waals surface area contributed by atoms with Crippen LogP contribution in [0.4, 0.5) is 5.69 Å². The largest absolute Gasteiger partial charge is 0.495 e. The van der Waals surface area contributed by atoms with Crippen molar-refractivity contribution in [1.29, 1.82) is 0 Å². The van der Waals surface area contributed by atoms with Crippen molar-refractivity contribution in [2.24, 2.45) is 0 Å². The van der Waals surface area contributed by atoms with Crippen LogP contribution in [0.2, 0.25) is 5.02 Å². The fourth-order valence-corrected chi connectivity index (χ4v) is 2.92. The number of methoxy groups -OCH3 is 1. The van der Waals surface area contributed by atoms with E-state index < -0.39 is 0 Å². The lowest BCUT2D eigenvalue weighted by Crippen LogP contribution is -2.09. The summed E-state index contributed by atoms with van der Waals surface area (Å²) >= 11 is 6.01. The third-order valence-corrected chi connectivity index (χ3v) is 4.38. The van der Waals surface area contributed by atoms with E-state index in [1.807, 2.05) is 42.5 Å². The standard InChI is InChI=1S/C22H20ClNO2/c1-26-22-12-11-19(23)15-20(22)24-14-13-21(25)18-9-7-17(8-10-18)16-5-3-2-4-6-16/h2-12,15,24H,13-14H2,1H3. The number of anilines is 1. The predicted molar refractivity (Wildman–Crippen MR) is 107 cm³/mol. The SMILES string of the molecule is COc1ccc(Cl)cc1NCCC(=O)c1ccc(-c2ccccc2)cc1. The van der Waals surface area contributed by atoms with Crippen LogP contribution < -0.4 is 10.1 Å². The van der Waals surface area contributed by atoms with Crippen LogP contribution in [0.3, 0.4) is 0 Å². The van der Waals surface area contributed by atoms with Gasteiger partial charge in [-0.05, 0) is 29.3 Å². The van der Waals surface area contributed by atoms with Crippen molar-refractivity contribution in [2.75, 3.05) is 19.0 Å². The van der Waals surface area contributed by atoms with Crippen molar-refractivity contribution in [3.63, 3.8) is 0 Å². The van der Waals surface area contributed by atoms with Crippen molar-refractivity contribution >= 4 is 23.1 Å². The molecule has 132 valence electrons. The number of ether oxygens (including phenoxy) is 1. The Bertz CT molecular complexity index is 876. The molecule has 0 radical (unpaired) electrons. The average Bonchev–Trinajstić information content (AvgIpc) is 2.69. The van der Waals surface area contributed by atoms with Gasteiger partial charge in [-0.15, -0.1) is 0 Å². The van der Waals surface area contributed by atoms with Gasteiger partial charge in [0.2, 0.25) is 0 Å². The van der Waals surface area contributed by atoms with Crippen molar-refractivity contribution < 1.29 is 9.53 Å². The van der Waals surface area contributed by atoms with Gasteiger partial charge in [0.15, 0.2) is 5.78 Å². The summed E-state index contributed by atoms with van der Waals surface area (Å²) in [4.78, 5) is 12.4. The van der Waals surface area contributed by atoms with Gasteiger partial charge in [0.05, 0.1) is 12.8 Å². The molecule has 0 fully saturated rings. The van der Waals surface area contributed by atoms with Crippen LogP contribution in [0, 0.1) is 0 Å². The van der Waals surface area contributed by atoms with Gasteiger partial charge in [0.25, 0.3) is 0 Å². The Labute approximate surface area is 158 Å². The van der Waals surface area contributed by atoms with E-state index in [0.717, 1.165) is 16.8 Å². The smallest absolute Gasteiger partial charge is 0.164 e. The minimum absolute atomic E-state index is 0.0955. The van der Waals surface area contributed by atoms with E-state index in [0.29, 0.717) is 29.3 Å². The Morgan fingerprint density at radius 2 is 1.65 bits per heavy atom. The lowest BCUT2D eigenvalue weighted by atomic mass is 10.0. The maximum absolute atomic E-state index is 12.4. The maximum atomic E-state index is 12.4. The molecule has 0 atom stereocenters. The molecule has 4 heteroatoms. The summed E-state index contributed by atoms with van der Waals surface area (Å²) in [5, 5.41) is 3.83. The first-order chi connectivity index (χ1) is 12.7. The number of carbonyl (C=O) groups excluding carboxylic acids is 1. The first-order valence-electron chi connectivity index (χ1n) is 8.43. The minimum atomic E-state index is 0.0955. The van der Waals surface area contributed by atoms with E-state index in [1.54, 1.807) is 25.3 Å². The number of rotatable bonds is 7. The number of nitrogens with one attached hydrogen (secondary N) is 1. The Kier molecular flexibility index (Phi) is 5.92. The Balaban J connectivity index is 1.60. The summed E-state index contributed by atoms with van der Waals surface area (Å²) in [6.07, 6.45) is 0.389. The van der Waals surface area contributed by atoms with Crippen molar-refractivity contribution in [2.45, 2.75) is 6.42 Å². The number of ketones is 1. The molecule has 0 aromatic heterocycles. The molecule has 0 spiro atoms. The van der Waals surface area contributed by atoms with Gasteiger partial charge < -0.3 is 10.1 Å². The fourth-order valence-electron chi connectivity index (χ4n) is 2.75. The molecule has 1 N–H and O–H groups in total. The topological polar surface area (TPSA) is 38.3 Å². The van der Waals surface area contributed by atoms with Gasteiger partial charge >= 0.3 is 0 Å². The summed E-state index contributed by atoms with van der Waals surface area (Å²) in [6.45, 7) is 0.510. The molecule has 3 rings (SSSR count). The van der Waals surface area contributed by atoms with Crippen molar-refractivity contribution in [3.8, 4) is 16.9 Å². The van der Waals surface area contributed by atoms with Crippen LogP contribution in [0.1, 0.15) is 16.8 Å². The molecule has 0 aliphatic rings. The first-order valence-corrected chi connectivity index (χ1v) is 8.81. The lowest BCUT2D eigenvalue weighted by Gasteiger charge is -2.11. The highest BCUT2D eigenvalue weighted by Gasteiger charge is 2.08. The average molecular weight is 366 g/mol. The van der Waals surface area contributed by atoms with Crippen molar-refractivity contribution in [1.82, 2.24) is 0 Å². The Morgan fingerprint density at radius 1 is 0.962 bits per heavy atom. The van der Waals surface area contributed by atoms with Crippen molar-refractivity contribution in [3.05, 3.63) is 83.4 Å². The number of hydrogen-bond donors (Lipinski definition) is 1. The molecule has 0 aliphatic carbocycles. The molecule has 0 saturated carbocycles. The Morgan fingerprint density at radius 3 is 2.35 bits per heavy atom. The molecule has 3 nitrogen and oxygen atoms in total. The summed E-state index contributed by atoms with van der Waals surface area (Å²) in [5.74, 6) is 0.798. The summed E-state index contributed by atoms with van der Waals surface area (Å²) < 4.78 is 5.29. The number of carbonyl (C=O) groups is 1. The van der Waals surface area contributed by atoms with E-state index in [9.17, 15) is 4.79 Å². The normalized spacial score (nSPS) is 10.4. The molecule has 0 aliphatic heterocycles. The van der Waals surface area contributed by atoms with E-state index in [4.69, 9.17) is 16.3 Å². The van der Waals surface area contributed by atoms with Gasteiger partial charge in [0, 0.05) is 23.6 Å². The second-order valence-electron chi connectivity index (χ2n) is 5.89. The molecular formula is C22H20ClNO2. The third kappa shape index (κ3) is 4.44. The van der Waals surface area contributed by atoms with E-state index >= 15 is 0 Å². The highest BCUT2D eigenvalue weighted by atomic mass is 35.5. The third-order valence-electron chi connectivity index (χ3n) is 4.14. The summed E-state index contributed by atoms with van der Waals surface area (Å²) in [5.41, 5.74) is 3.74. The zero-order valence-corrected chi connectivity index (χ0v) is 15.3. The maximum Gasteiger partial charge on any atom is 0.164 e. The first kappa shape index (κ1) is 18.0. The summed E-state index contributed by atoms with van der Waals surface area (Å²) in [7, 11) is 1.61. The van der Waals surface area contributed by atoms with Crippen LogP contribution >= 0.6 is 11.6 Å². The zero-order valence-electron chi connectivity index (χ0n) is 14.5. The monoisotopic (exact) mass is 365 g/mol. The van der Waals surface area contributed by atoms with E-state index in [-0.39, 0.29) is 5.78 Å². The van der Waals surface area contributed by atoms with E-state index in [2.05, 4.69) is 17.4 Å². The molecule has 3 aromatic carbocycles. The zero-order chi connectivity index (χ0) is 18.4. The van der Waals surface area contributed by atoms with Crippen LogP contribution in [0.15, 0.2) is 72.8 Å². The quantitative estimate of drug-likeness (QED) is 0.546. The predicted octanol–water partition coefficient (Wildman–Crippen LogP) is 5.70. The number of hydrogen-bond acceptors (Lipinski definition) is 3. The second kappa shape index (κ2) is 8.54. The number of benzene rings is 3. The van der Waals surface area contributed by atoms with Crippen LogP contribution in [-0.2, 0) is 0 Å². The molecule has 0 heterocycles. The lowest BCUT2D eigenvalue weighted by molar-refractivity contribution is 0.0986. The van der Waals surface area contributed by atoms with Crippen LogP contribution in [0.5, 0.6) is 5.75 Å². The molecule has 3 aromatic rings. The van der Waals surface area contributed by atoms with Gasteiger partial charge in [-0.1, -0.05) is 66.2 Å². The second-order valence-corrected chi connectivity index (χ2v) is 6.32. The molecule has 0 amide bonds. The molecular weight excluding hydrogens is 346 g/mol. The van der Waals surface area contributed by atoms with Gasteiger partial charge in [-0.25, -0.2) is 0 Å². The highest BCUT2D eigenvalue weighted by Crippen LogP contribution is 2.27. The van der Waals surface area contributed by atoms with Gasteiger partial charge in [-0.3, -0.25) is 4.79 Å². The highest BCUT2D eigenvalue weighted by molar-refractivity contribution is 6.30. The van der Waals surface area contributed by atoms with Gasteiger partial charge in [0.1, 0.15) is 5.75 Å². The van der Waals surface area contributed by atoms with Crippen LogP contribution in [-0.4, -0.2) is 19.4 Å². The number of halogens is 1. The molecule has 26 heavy (non-hydrogen) atoms. The Hall–Kier alpha value is -2.78.